The van der Waals surface area contributed by atoms with Gasteiger partial charge in [-0.25, -0.2) is 0 Å². The fourth-order valence-corrected chi connectivity index (χ4v) is 2.82. The summed E-state index contributed by atoms with van der Waals surface area (Å²) < 4.78 is 5.74. The Morgan fingerprint density at radius 3 is 2.84 bits per heavy atom. The standard InChI is InChI=1S/C14H9BrClNO2/c1-7-10-4-8(2-3-13(10)19-17-7)11-5-9(16)6-12(15)14(11)18/h2-6,18H,1H3. The Balaban J connectivity index is 2.26. The van der Waals surface area contributed by atoms with Crippen LogP contribution in [-0.4, -0.2) is 10.3 Å². The van der Waals surface area contributed by atoms with Crippen LogP contribution >= 0.6 is 27.5 Å². The highest BCUT2D eigenvalue weighted by atomic mass is 79.9. The summed E-state index contributed by atoms with van der Waals surface area (Å²) in [4.78, 5) is 0. The predicted molar refractivity (Wildman–Crippen MR) is 78.6 cm³/mol. The van der Waals surface area contributed by atoms with Crippen molar-refractivity contribution in [2.75, 3.05) is 0 Å². The lowest BCUT2D eigenvalue weighted by atomic mass is 10.0. The molecule has 5 heteroatoms. The molecule has 0 bridgehead atoms. The molecule has 0 saturated carbocycles. The van der Waals surface area contributed by atoms with Crippen molar-refractivity contribution in [1.29, 1.82) is 0 Å². The van der Waals surface area contributed by atoms with Crippen molar-refractivity contribution >= 4 is 38.5 Å². The summed E-state index contributed by atoms with van der Waals surface area (Å²) in [7, 11) is 0. The van der Waals surface area contributed by atoms with Gasteiger partial charge in [0.25, 0.3) is 0 Å². The van der Waals surface area contributed by atoms with Crippen LogP contribution in [-0.2, 0) is 0 Å². The number of aryl methyl sites for hydroxylation is 1. The van der Waals surface area contributed by atoms with Crippen molar-refractivity contribution in [2.24, 2.45) is 0 Å². The molecule has 0 aliphatic rings. The first-order valence-corrected chi connectivity index (χ1v) is 6.78. The maximum absolute atomic E-state index is 10.1. The van der Waals surface area contributed by atoms with E-state index in [0.29, 0.717) is 15.1 Å². The highest BCUT2D eigenvalue weighted by Gasteiger charge is 2.12. The molecule has 0 aliphatic carbocycles. The number of hydrogen-bond acceptors (Lipinski definition) is 3. The van der Waals surface area contributed by atoms with Gasteiger partial charge in [-0.15, -0.1) is 0 Å². The van der Waals surface area contributed by atoms with Gasteiger partial charge in [0.2, 0.25) is 0 Å². The van der Waals surface area contributed by atoms with E-state index in [4.69, 9.17) is 16.1 Å². The molecule has 0 fully saturated rings. The Morgan fingerprint density at radius 1 is 1.26 bits per heavy atom. The van der Waals surface area contributed by atoms with Gasteiger partial charge in [-0.2, -0.15) is 0 Å². The van der Waals surface area contributed by atoms with E-state index in [2.05, 4.69) is 21.1 Å². The van der Waals surface area contributed by atoms with Crippen LogP contribution in [0, 0.1) is 6.92 Å². The first kappa shape index (κ1) is 12.5. The summed E-state index contributed by atoms with van der Waals surface area (Å²) in [6.45, 7) is 1.88. The maximum atomic E-state index is 10.1. The van der Waals surface area contributed by atoms with Gasteiger partial charge in [-0.1, -0.05) is 22.8 Å². The molecule has 0 amide bonds. The topological polar surface area (TPSA) is 46.3 Å². The molecular formula is C14H9BrClNO2. The molecule has 1 N–H and O–H groups in total. The average Bonchev–Trinajstić information content (AvgIpc) is 2.75. The zero-order valence-corrected chi connectivity index (χ0v) is 12.3. The summed E-state index contributed by atoms with van der Waals surface area (Å²) in [5.74, 6) is 0.165. The van der Waals surface area contributed by atoms with Crippen LogP contribution < -0.4 is 0 Å². The third kappa shape index (κ3) is 2.11. The minimum absolute atomic E-state index is 0.165. The lowest BCUT2D eigenvalue weighted by Gasteiger charge is -2.07. The third-order valence-electron chi connectivity index (χ3n) is 2.99. The van der Waals surface area contributed by atoms with Crippen LogP contribution in [0.4, 0.5) is 0 Å². The Labute approximate surface area is 122 Å². The number of nitrogens with zero attached hydrogens (tertiary/aromatic N) is 1. The van der Waals surface area contributed by atoms with Gasteiger partial charge in [0.05, 0.1) is 10.2 Å². The molecule has 19 heavy (non-hydrogen) atoms. The number of benzene rings is 2. The Morgan fingerprint density at radius 2 is 2.05 bits per heavy atom. The van der Waals surface area contributed by atoms with E-state index >= 15 is 0 Å². The first-order chi connectivity index (χ1) is 9.06. The average molecular weight is 339 g/mol. The van der Waals surface area contributed by atoms with Gasteiger partial charge < -0.3 is 9.63 Å². The van der Waals surface area contributed by atoms with E-state index in [1.54, 1.807) is 12.1 Å². The number of halogens is 2. The minimum atomic E-state index is 0.165. The summed E-state index contributed by atoms with van der Waals surface area (Å²) in [5.41, 5.74) is 3.07. The Bertz CT molecular complexity index is 782. The van der Waals surface area contributed by atoms with Crippen LogP contribution in [0.1, 0.15) is 5.69 Å². The lowest BCUT2D eigenvalue weighted by molar-refractivity contribution is 0.450. The van der Waals surface area contributed by atoms with E-state index in [0.717, 1.165) is 22.2 Å². The minimum Gasteiger partial charge on any atom is -0.506 e. The Kier molecular flexibility index (Phi) is 2.99. The lowest BCUT2D eigenvalue weighted by Crippen LogP contribution is -1.82. The van der Waals surface area contributed by atoms with Crippen LogP contribution in [0.3, 0.4) is 0 Å². The number of phenols is 1. The van der Waals surface area contributed by atoms with Crippen molar-refractivity contribution < 1.29 is 9.63 Å². The highest BCUT2D eigenvalue weighted by Crippen LogP contribution is 2.39. The van der Waals surface area contributed by atoms with Crippen LogP contribution in [0.2, 0.25) is 5.02 Å². The molecule has 2 aromatic carbocycles. The molecule has 0 unspecified atom stereocenters. The van der Waals surface area contributed by atoms with E-state index < -0.39 is 0 Å². The molecule has 0 radical (unpaired) electrons. The van der Waals surface area contributed by atoms with E-state index in [9.17, 15) is 5.11 Å². The van der Waals surface area contributed by atoms with Crippen molar-refractivity contribution in [1.82, 2.24) is 5.16 Å². The maximum Gasteiger partial charge on any atom is 0.167 e. The first-order valence-electron chi connectivity index (χ1n) is 5.60. The quantitative estimate of drug-likeness (QED) is 0.684. The normalized spacial score (nSPS) is 11.1. The molecule has 0 atom stereocenters. The van der Waals surface area contributed by atoms with Crippen molar-refractivity contribution in [2.45, 2.75) is 6.92 Å². The second-order valence-corrected chi connectivity index (χ2v) is 5.55. The zero-order valence-electron chi connectivity index (χ0n) is 9.95. The molecular weight excluding hydrogens is 330 g/mol. The second kappa shape index (κ2) is 4.54. The van der Waals surface area contributed by atoms with Gasteiger partial charge >= 0.3 is 0 Å². The monoisotopic (exact) mass is 337 g/mol. The smallest absolute Gasteiger partial charge is 0.167 e. The molecule has 0 saturated heterocycles. The van der Waals surface area contributed by atoms with E-state index in [1.807, 2.05) is 25.1 Å². The van der Waals surface area contributed by atoms with Crippen molar-refractivity contribution in [3.05, 3.63) is 45.5 Å². The van der Waals surface area contributed by atoms with Crippen LogP contribution in [0.5, 0.6) is 5.75 Å². The number of rotatable bonds is 1. The summed E-state index contributed by atoms with van der Waals surface area (Å²) >= 11 is 9.31. The molecule has 0 spiro atoms. The summed E-state index contributed by atoms with van der Waals surface area (Å²) in [6, 6.07) is 9.01. The number of fused-ring (bicyclic) bond motifs is 1. The van der Waals surface area contributed by atoms with Gasteiger partial charge in [0.1, 0.15) is 5.75 Å². The van der Waals surface area contributed by atoms with Crippen molar-refractivity contribution in [3.8, 4) is 16.9 Å². The second-order valence-electron chi connectivity index (χ2n) is 4.26. The van der Waals surface area contributed by atoms with Gasteiger partial charge in [-0.3, -0.25) is 0 Å². The number of aromatic nitrogens is 1. The number of hydrogen-bond donors (Lipinski definition) is 1. The Hall–Kier alpha value is -1.52. The van der Waals surface area contributed by atoms with Gasteiger partial charge in [-0.05, 0) is 52.7 Å². The SMILES string of the molecule is Cc1noc2ccc(-c3cc(Cl)cc(Br)c3O)cc12. The summed E-state index contributed by atoms with van der Waals surface area (Å²) in [6.07, 6.45) is 0. The molecule has 3 rings (SSSR count). The van der Waals surface area contributed by atoms with E-state index in [-0.39, 0.29) is 5.75 Å². The largest absolute Gasteiger partial charge is 0.506 e. The molecule has 96 valence electrons. The third-order valence-corrected chi connectivity index (χ3v) is 3.81. The van der Waals surface area contributed by atoms with Gasteiger partial charge in [0, 0.05) is 16.0 Å². The van der Waals surface area contributed by atoms with Gasteiger partial charge in [0.15, 0.2) is 5.58 Å². The molecule has 1 aromatic heterocycles. The summed E-state index contributed by atoms with van der Waals surface area (Å²) in [5, 5.41) is 15.5. The van der Waals surface area contributed by atoms with Crippen LogP contribution in [0.15, 0.2) is 39.3 Å². The fraction of sp³-hybridized carbons (Fsp3) is 0.0714. The zero-order chi connectivity index (χ0) is 13.6. The molecule has 0 aliphatic heterocycles. The van der Waals surface area contributed by atoms with E-state index in [1.165, 1.54) is 0 Å². The number of phenolic OH excluding ortho intramolecular Hbond substituents is 1. The molecule has 3 aromatic rings. The van der Waals surface area contributed by atoms with Crippen molar-refractivity contribution in [3.63, 3.8) is 0 Å². The molecule has 3 nitrogen and oxygen atoms in total. The fourth-order valence-electron chi connectivity index (χ4n) is 2.01. The highest BCUT2D eigenvalue weighted by molar-refractivity contribution is 9.10. The molecule has 1 heterocycles. The predicted octanol–water partition coefficient (Wildman–Crippen LogP) is 4.92. The number of aromatic hydroxyl groups is 1. The van der Waals surface area contributed by atoms with Crippen LogP contribution in [0.25, 0.3) is 22.1 Å².